The lowest BCUT2D eigenvalue weighted by Gasteiger charge is -2.43. The van der Waals surface area contributed by atoms with Crippen LogP contribution in [-0.4, -0.2) is 45.4 Å². The second-order valence-electron chi connectivity index (χ2n) is 30.0. The Labute approximate surface area is 619 Å². The van der Waals surface area contributed by atoms with Crippen molar-refractivity contribution in [1.29, 1.82) is 0 Å². The normalized spacial score (nSPS) is 14.6. The second kappa shape index (κ2) is 26.4. The molecule has 0 amide bonds. The molecule has 4 aliphatic rings. The van der Waals surface area contributed by atoms with E-state index in [1.165, 1.54) is 155 Å². The summed E-state index contributed by atoms with van der Waals surface area (Å²) >= 11 is 0. The fraction of sp³-hybridized carbons (Fsp3) is 0.143. The highest BCUT2D eigenvalue weighted by atomic mass is 28.3. The van der Waals surface area contributed by atoms with Gasteiger partial charge >= 0.3 is 0 Å². The van der Waals surface area contributed by atoms with Crippen molar-refractivity contribution in [2.45, 2.75) is 58.3 Å². The summed E-state index contributed by atoms with van der Waals surface area (Å²) in [6.07, 6.45) is 0. The molecule has 6 nitrogen and oxygen atoms in total. The fourth-order valence-corrected chi connectivity index (χ4v) is 23.5. The van der Waals surface area contributed by atoms with Gasteiger partial charge in [0, 0.05) is 118 Å². The molecule has 0 radical (unpaired) electrons. The minimum atomic E-state index is -2.36. The summed E-state index contributed by atoms with van der Waals surface area (Å²) in [6, 6.07) is 124. The van der Waals surface area contributed by atoms with Crippen LogP contribution in [0.25, 0.3) is 55.0 Å². The van der Waals surface area contributed by atoms with E-state index in [0.29, 0.717) is 11.8 Å². The Kier molecular flexibility index (Phi) is 16.7. The number of hydrogen-bond donors (Lipinski definition) is 0. The van der Waals surface area contributed by atoms with Crippen molar-refractivity contribution in [3.8, 4) is 11.4 Å². The molecule has 0 saturated carbocycles. The molecule has 0 N–H and O–H groups in total. The predicted octanol–water partition coefficient (Wildman–Crippen LogP) is 22.1. The summed E-state index contributed by atoms with van der Waals surface area (Å²) in [5, 5.41) is 11.0. The van der Waals surface area contributed by atoms with Gasteiger partial charge in [-0.3, -0.25) is 0 Å². The third-order valence-electron chi connectivity index (χ3n) is 23.2. The standard InChI is InChI=1S/2C28H24N2.C25H21NSi.C17H19N/c1-28(2)22-14-8-10-16-25(22)29(3)27-17-21-20-13-7-9-15-24(20)30(26(21)18-23(27)28)19-11-5-4-6-12-19;1-28(2)21-14-8-10-16-24(21)29(3)27-22(28)17-18-25-26(27)20-13-7-9-15-23(20)30(25)19-11-5-4-6-12-19;1-26-22-16-8-10-18-24(22)27(20-12-4-2-5-13-20,21-14-6-3-7-15-21)25-19-11-9-17-23(25)26;1-12(2)17-13-8-4-6-10-15(13)18(3)16-11-7-5-9-14(16)17/h2*4-18H,1-3H3;2-19H,1H3;4-12,17H,1-3H3. The van der Waals surface area contributed by atoms with Crippen LogP contribution in [0.1, 0.15) is 80.8 Å². The molecule has 16 aromatic rings. The van der Waals surface area contributed by atoms with E-state index in [1.807, 2.05) is 0 Å². The molecule has 14 aromatic carbocycles. The van der Waals surface area contributed by atoms with Crippen molar-refractivity contribution in [1.82, 2.24) is 9.13 Å². The van der Waals surface area contributed by atoms with Gasteiger partial charge in [0.05, 0.1) is 27.8 Å². The molecule has 2 aromatic heterocycles. The molecule has 0 bridgehead atoms. The molecule has 0 aliphatic carbocycles. The Hall–Kier alpha value is -11.9. The fourth-order valence-electron chi connectivity index (χ4n) is 18.3. The van der Waals surface area contributed by atoms with Crippen LogP contribution in [-0.2, 0) is 10.8 Å². The SMILES string of the molecule is CC(C)C1c2ccccc2N(C)c2ccccc21.CN1c2ccccc2C(C)(C)c2cc3c(cc21)c1ccccc1n3-c1ccccc1.CN1c2ccccc2C(C)(C)c2ccc3c(c21)c1ccccc1n3-c1ccccc1.CN1c2ccccc2[Si](c2ccccc2)(c2ccccc2)c2ccccc21. The van der Waals surface area contributed by atoms with Crippen molar-refractivity contribution in [2.24, 2.45) is 5.92 Å². The first kappa shape index (κ1) is 66.3. The van der Waals surface area contributed by atoms with Crippen molar-refractivity contribution < 1.29 is 0 Å². The van der Waals surface area contributed by atoms with Gasteiger partial charge in [0.1, 0.15) is 0 Å². The Morgan fingerprint density at radius 2 is 0.667 bits per heavy atom. The van der Waals surface area contributed by atoms with E-state index in [2.05, 4.69) is 438 Å². The van der Waals surface area contributed by atoms with E-state index in [9.17, 15) is 0 Å². The highest BCUT2D eigenvalue weighted by molar-refractivity contribution is 7.21. The molecule has 105 heavy (non-hydrogen) atoms. The highest BCUT2D eigenvalue weighted by Crippen LogP contribution is 2.54. The third-order valence-corrected chi connectivity index (χ3v) is 28.1. The molecular formula is C98H88N6Si. The quantitative estimate of drug-likeness (QED) is 0.160. The Morgan fingerprint density at radius 1 is 0.286 bits per heavy atom. The van der Waals surface area contributed by atoms with Gasteiger partial charge in [0.15, 0.2) is 8.07 Å². The minimum Gasteiger partial charge on any atom is -0.345 e. The van der Waals surface area contributed by atoms with Crippen LogP contribution in [0.4, 0.5) is 45.5 Å². The number of nitrogens with zero attached hydrogens (tertiary/aromatic N) is 6. The maximum atomic E-state index is 2.42. The predicted molar refractivity (Wildman–Crippen MR) is 451 cm³/mol. The zero-order chi connectivity index (χ0) is 71.9. The maximum Gasteiger partial charge on any atom is 0.183 e. The molecule has 0 atom stereocenters. The van der Waals surface area contributed by atoms with Crippen LogP contribution in [0.5, 0.6) is 0 Å². The number of hydrogen-bond acceptors (Lipinski definition) is 4. The number of benzene rings is 14. The molecular weight excluding hydrogens is 1290 g/mol. The van der Waals surface area contributed by atoms with E-state index < -0.39 is 8.07 Å². The molecule has 4 aliphatic heterocycles. The van der Waals surface area contributed by atoms with Crippen LogP contribution >= 0.6 is 0 Å². The van der Waals surface area contributed by atoms with Crippen LogP contribution in [0.2, 0.25) is 0 Å². The van der Waals surface area contributed by atoms with Gasteiger partial charge in [-0.15, -0.1) is 0 Å². The van der Waals surface area contributed by atoms with E-state index in [1.54, 1.807) is 0 Å². The molecule has 6 heterocycles. The largest absolute Gasteiger partial charge is 0.345 e. The minimum absolute atomic E-state index is 0.0530. The van der Waals surface area contributed by atoms with Crippen LogP contribution in [0.15, 0.2) is 340 Å². The van der Waals surface area contributed by atoms with Gasteiger partial charge in [0.2, 0.25) is 0 Å². The molecule has 7 heteroatoms. The molecule has 0 unspecified atom stereocenters. The average Bonchev–Trinajstić information content (AvgIpc) is 1.30. The summed E-state index contributed by atoms with van der Waals surface area (Å²) < 4.78 is 4.80. The first-order valence-corrected chi connectivity index (χ1v) is 39.1. The lowest BCUT2D eigenvalue weighted by atomic mass is 9.73. The lowest BCUT2D eigenvalue weighted by molar-refractivity contribution is 0.559. The van der Waals surface area contributed by atoms with Crippen LogP contribution in [0, 0.1) is 5.92 Å². The average molecular weight is 1380 g/mol. The van der Waals surface area contributed by atoms with Gasteiger partial charge in [0.25, 0.3) is 0 Å². The maximum absolute atomic E-state index is 2.42. The summed E-state index contributed by atoms with van der Waals surface area (Å²) in [7, 11) is 6.39. The monoisotopic (exact) mass is 1380 g/mol. The number of aromatic nitrogens is 2. The van der Waals surface area contributed by atoms with Gasteiger partial charge in [-0.05, 0) is 151 Å². The highest BCUT2D eigenvalue weighted by Gasteiger charge is 2.48. The van der Waals surface area contributed by atoms with Gasteiger partial charge in [-0.25, -0.2) is 0 Å². The van der Waals surface area contributed by atoms with Crippen LogP contribution in [0.3, 0.4) is 0 Å². The summed E-state index contributed by atoms with van der Waals surface area (Å²) in [5.41, 5.74) is 26.2. The summed E-state index contributed by atoms with van der Waals surface area (Å²) in [4.78, 5) is 9.40. The zero-order valence-corrected chi connectivity index (χ0v) is 62.7. The van der Waals surface area contributed by atoms with Crippen molar-refractivity contribution >= 4 is 118 Å². The second-order valence-corrected chi connectivity index (χ2v) is 33.7. The van der Waals surface area contributed by atoms with Gasteiger partial charge < -0.3 is 28.7 Å². The summed E-state index contributed by atoms with van der Waals surface area (Å²) in [5.74, 6) is 1.12. The van der Waals surface area contributed by atoms with Crippen molar-refractivity contribution in [3.05, 3.63) is 373 Å². The number of anilines is 8. The molecule has 0 saturated heterocycles. The summed E-state index contributed by atoms with van der Waals surface area (Å²) in [6.45, 7) is 14.0. The Bertz CT molecular complexity index is 5790. The smallest absolute Gasteiger partial charge is 0.183 e. The number of rotatable bonds is 5. The molecule has 0 spiro atoms. The first-order valence-electron chi connectivity index (χ1n) is 37.1. The van der Waals surface area contributed by atoms with E-state index in [0.717, 1.165) is 0 Å². The topological polar surface area (TPSA) is 22.8 Å². The van der Waals surface area contributed by atoms with Crippen LogP contribution < -0.4 is 40.3 Å². The lowest BCUT2D eigenvalue weighted by Crippen LogP contribution is -2.77. The number of fused-ring (bicyclic) bond motifs is 15. The zero-order valence-electron chi connectivity index (χ0n) is 61.7. The number of para-hydroxylation sites is 10. The molecule has 20 rings (SSSR count). The van der Waals surface area contributed by atoms with E-state index >= 15 is 0 Å². The van der Waals surface area contributed by atoms with Gasteiger partial charge in [-0.2, -0.15) is 0 Å². The van der Waals surface area contributed by atoms with Gasteiger partial charge in [-0.1, -0.05) is 290 Å². The van der Waals surface area contributed by atoms with E-state index in [-0.39, 0.29) is 10.8 Å². The molecule has 0 fully saturated rings. The van der Waals surface area contributed by atoms with E-state index in [4.69, 9.17) is 0 Å². The van der Waals surface area contributed by atoms with Crippen molar-refractivity contribution in [2.75, 3.05) is 47.8 Å². The molecule has 514 valence electrons. The third kappa shape index (κ3) is 10.6. The Morgan fingerprint density at radius 3 is 1.19 bits per heavy atom. The first-order chi connectivity index (χ1) is 51.2. The van der Waals surface area contributed by atoms with Crippen molar-refractivity contribution in [3.63, 3.8) is 0 Å². The Balaban J connectivity index is 0.000000105.